The lowest BCUT2D eigenvalue weighted by Gasteiger charge is -2.17. The first-order chi connectivity index (χ1) is 9.54. The summed E-state index contributed by atoms with van der Waals surface area (Å²) in [5.41, 5.74) is 1.73. The van der Waals surface area contributed by atoms with Gasteiger partial charge in [-0.25, -0.2) is 0 Å². The molecule has 0 fully saturated rings. The van der Waals surface area contributed by atoms with E-state index in [1.54, 1.807) is 12.1 Å². The third-order valence-electron chi connectivity index (χ3n) is 3.22. The van der Waals surface area contributed by atoms with E-state index in [0.717, 1.165) is 24.9 Å². The molecule has 4 heteroatoms. The molecule has 1 aromatic carbocycles. The number of hydrogen-bond donors (Lipinski definition) is 2. The van der Waals surface area contributed by atoms with Gasteiger partial charge in [0, 0.05) is 12.0 Å². The number of aryl methyl sites for hydroxylation is 1. The maximum absolute atomic E-state index is 12.4. The van der Waals surface area contributed by atoms with Crippen LogP contribution >= 0.6 is 0 Å². The molecule has 0 saturated heterocycles. The first kappa shape index (κ1) is 16.4. The number of ketones is 1. The minimum absolute atomic E-state index is 0.00138. The fraction of sp³-hybridized carbons (Fsp3) is 0.500. The SMILES string of the molecule is CCCCNC(CCC(=O)O)C(=O)c1ccc(C)cc1. The molecular formula is C16H23NO3. The van der Waals surface area contributed by atoms with Crippen LogP contribution in [0.4, 0.5) is 0 Å². The van der Waals surface area contributed by atoms with Gasteiger partial charge < -0.3 is 10.4 Å². The van der Waals surface area contributed by atoms with Crippen LogP contribution < -0.4 is 5.32 Å². The Morgan fingerprint density at radius 2 is 1.90 bits per heavy atom. The van der Waals surface area contributed by atoms with Crippen LogP contribution in [-0.4, -0.2) is 29.4 Å². The second kappa shape index (κ2) is 8.48. The topological polar surface area (TPSA) is 66.4 Å². The molecule has 0 aliphatic heterocycles. The van der Waals surface area contributed by atoms with E-state index in [1.807, 2.05) is 19.1 Å². The van der Waals surface area contributed by atoms with Crippen molar-refractivity contribution in [2.45, 2.75) is 45.6 Å². The van der Waals surface area contributed by atoms with Gasteiger partial charge >= 0.3 is 5.97 Å². The molecule has 1 atom stereocenters. The molecule has 2 N–H and O–H groups in total. The maximum Gasteiger partial charge on any atom is 0.303 e. The average molecular weight is 277 g/mol. The zero-order chi connectivity index (χ0) is 15.0. The number of aliphatic carboxylic acids is 1. The molecule has 20 heavy (non-hydrogen) atoms. The molecule has 1 rings (SSSR count). The molecule has 0 spiro atoms. The number of unbranched alkanes of at least 4 members (excludes halogenated alkanes) is 1. The highest BCUT2D eigenvalue weighted by molar-refractivity contribution is 6.00. The molecule has 110 valence electrons. The zero-order valence-electron chi connectivity index (χ0n) is 12.2. The van der Waals surface area contributed by atoms with Gasteiger partial charge in [0.2, 0.25) is 0 Å². The molecule has 0 radical (unpaired) electrons. The Morgan fingerprint density at radius 1 is 1.25 bits per heavy atom. The molecule has 0 heterocycles. The third kappa shape index (κ3) is 5.53. The Labute approximate surface area is 120 Å². The number of nitrogens with one attached hydrogen (secondary N) is 1. The minimum atomic E-state index is -0.871. The summed E-state index contributed by atoms with van der Waals surface area (Å²) >= 11 is 0. The van der Waals surface area contributed by atoms with Crippen molar-refractivity contribution in [2.75, 3.05) is 6.54 Å². The summed E-state index contributed by atoms with van der Waals surface area (Å²) in [7, 11) is 0. The predicted molar refractivity (Wildman–Crippen MR) is 79.1 cm³/mol. The van der Waals surface area contributed by atoms with Crippen LogP contribution in [0.1, 0.15) is 48.5 Å². The van der Waals surface area contributed by atoms with E-state index < -0.39 is 12.0 Å². The van der Waals surface area contributed by atoms with Crippen molar-refractivity contribution in [2.24, 2.45) is 0 Å². The van der Waals surface area contributed by atoms with E-state index in [-0.39, 0.29) is 12.2 Å². The molecule has 0 aliphatic rings. The number of carbonyl (C=O) groups is 2. The summed E-state index contributed by atoms with van der Waals surface area (Å²) in [6.07, 6.45) is 2.34. The van der Waals surface area contributed by atoms with Crippen LogP contribution in [0.25, 0.3) is 0 Å². The van der Waals surface area contributed by atoms with Crippen molar-refractivity contribution < 1.29 is 14.7 Å². The average Bonchev–Trinajstić information content (AvgIpc) is 2.42. The smallest absolute Gasteiger partial charge is 0.303 e. The Kier molecular flexibility index (Phi) is 6.94. The van der Waals surface area contributed by atoms with Crippen molar-refractivity contribution >= 4 is 11.8 Å². The maximum atomic E-state index is 12.4. The van der Waals surface area contributed by atoms with Gasteiger partial charge in [-0.1, -0.05) is 43.2 Å². The van der Waals surface area contributed by atoms with E-state index in [0.29, 0.717) is 12.0 Å². The highest BCUT2D eigenvalue weighted by atomic mass is 16.4. The molecule has 1 unspecified atom stereocenters. The van der Waals surface area contributed by atoms with Crippen molar-refractivity contribution in [3.05, 3.63) is 35.4 Å². The number of carboxylic acid groups (broad SMARTS) is 1. The minimum Gasteiger partial charge on any atom is -0.481 e. The number of carboxylic acids is 1. The van der Waals surface area contributed by atoms with E-state index in [9.17, 15) is 9.59 Å². The largest absolute Gasteiger partial charge is 0.481 e. The molecule has 0 bridgehead atoms. The van der Waals surface area contributed by atoms with Gasteiger partial charge in [-0.15, -0.1) is 0 Å². The molecule has 1 aromatic rings. The van der Waals surface area contributed by atoms with Crippen LogP contribution in [-0.2, 0) is 4.79 Å². The summed E-state index contributed by atoms with van der Waals surface area (Å²) in [4.78, 5) is 23.1. The Morgan fingerprint density at radius 3 is 2.45 bits per heavy atom. The number of Topliss-reactive ketones (excluding diaryl/α,β-unsaturated/α-hetero) is 1. The van der Waals surface area contributed by atoms with E-state index in [2.05, 4.69) is 12.2 Å². The fourth-order valence-electron chi connectivity index (χ4n) is 1.97. The summed E-state index contributed by atoms with van der Waals surface area (Å²) < 4.78 is 0. The van der Waals surface area contributed by atoms with Crippen molar-refractivity contribution in [1.29, 1.82) is 0 Å². The normalized spacial score (nSPS) is 12.1. The van der Waals surface area contributed by atoms with Gasteiger partial charge in [-0.2, -0.15) is 0 Å². The van der Waals surface area contributed by atoms with Gasteiger partial charge in [0.05, 0.1) is 6.04 Å². The Balaban J connectivity index is 2.71. The van der Waals surface area contributed by atoms with E-state index in [1.165, 1.54) is 0 Å². The van der Waals surface area contributed by atoms with Gasteiger partial charge in [-0.3, -0.25) is 9.59 Å². The summed E-state index contributed by atoms with van der Waals surface area (Å²) in [5.74, 6) is -0.897. The van der Waals surface area contributed by atoms with E-state index >= 15 is 0 Å². The van der Waals surface area contributed by atoms with Crippen LogP contribution in [0.3, 0.4) is 0 Å². The van der Waals surface area contributed by atoms with Crippen LogP contribution in [0.15, 0.2) is 24.3 Å². The van der Waals surface area contributed by atoms with Crippen molar-refractivity contribution in [1.82, 2.24) is 5.32 Å². The lowest BCUT2D eigenvalue weighted by atomic mass is 9.99. The number of hydrogen-bond acceptors (Lipinski definition) is 3. The zero-order valence-corrected chi connectivity index (χ0v) is 12.2. The van der Waals surface area contributed by atoms with Gasteiger partial charge in [0.25, 0.3) is 0 Å². The van der Waals surface area contributed by atoms with Gasteiger partial charge in [0.15, 0.2) is 5.78 Å². The van der Waals surface area contributed by atoms with Crippen molar-refractivity contribution in [3.63, 3.8) is 0 Å². The number of rotatable bonds is 9. The summed E-state index contributed by atoms with van der Waals surface area (Å²) in [6, 6.07) is 6.97. The van der Waals surface area contributed by atoms with E-state index in [4.69, 9.17) is 5.11 Å². The number of carbonyl (C=O) groups excluding carboxylic acids is 1. The van der Waals surface area contributed by atoms with Gasteiger partial charge in [0.1, 0.15) is 0 Å². The molecule has 0 aliphatic carbocycles. The van der Waals surface area contributed by atoms with Crippen LogP contribution in [0.5, 0.6) is 0 Å². The summed E-state index contributed by atoms with van der Waals surface area (Å²) in [5, 5.41) is 12.0. The lowest BCUT2D eigenvalue weighted by Crippen LogP contribution is -2.37. The predicted octanol–water partition coefficient (Wildman–Crippen LogP) is 2.80. The molecular weight excluding hydrogens is 254 g/mol. The summed E-state index contributed by atoms with van der Waals surface area (Å²) in [6.45, 7) is 4.78. The second-order valence-electron chi connectivity index (χ2n) is 5.02. The quantitative estimate of drug-likeness (QED) is 0.538. The first-order valence-electron chi connectivity index (χ1n) is 7.10. The molecule has 0 saturated carbocycles. The Hall–Kier alpha value is -1.68. The second-order valence-corrected chi connectivity index (χ2v) is 5.02. The molecule has 0 aromatic heterocycles. The fourth-order valence-corrected chi connectivity index (χ4v) is 1.97. The lowest BCUT2D eigenvalue weighted by molar-refractivity contribution is -0.137. The highest BCUT2D eigenvalue weighted by Crippen LogP contribution is 2.10. The Bertz CT molecular complexity index is 440. The molecule has 4 nitrogen and oxygen atoms in total. The third-order valence-corrected chi connectivity index (χ3v) is 3.22. The van der Waals surface area contributed by atoms with Crippen molar-refractivity contribution in [3.8, 4) is 0 Å². The number of benzene rings is 1. The molecule has 0 amide bonds. The van der Waals surface area contributed by atoms with Crippen LogP contribution in [0, 0.1) is 6.92 Å². The highest BCUT2D eigenvalue weighted by Gasteiger charge is 2.20. The standard InChI is InChI=1S/C16H23NO3/c1-3-4-11-17-14(9-10-15(18)19)16(20)13-7-5-12(2)6-8-13/h5-8,14,17H,3-4,9-11H2,1-2H3,(H,18,19). The first-order valence-corrected chi connectivity index (χ1v) is 7.10. The van der Waals surface area contributed by atoms with Gasteiger partial charge in [-0.05, 0) is 26.3 Å². The monoisotopic (exact) mass is 277 g/mol. The van der Waals surface area contributed by atoms with Crippen LogP contribution in [0.2, 0.25) is 0 Å².